The monoisotopic (exact) mass is 425 g/mol. The Hall–Kier alpha value is -4.30. The van der Waals surface area contributed by atoms with Gasteiger partial charge in [-0.05, 0) is 70.6 Å². The van der Waals surface area contributed by atoms with Gasteiger partial charge in [0.15, 0.2) is 0 Å². The molecule has 0 radical (unpaired) electrons. The molecule has 0 fully saturated rings. The SMILES string of the molecule is COc1ccc(-c2cc3ccccc3n2-c2cc(-c3ccccc3)cc3ccccc23)cc1. The number of aromatic nitrogens is 1. The van der Waals surface area contributed by atoms with Gasteiger partial charge in [0, 0.05) is 10.8 Å². The van der Waals surface area contributed by atoms with Crippen LogP contribution in [0.25, 0.3) is 49.7 Å². The number of para-hydroxylation sites is 1. The average molecular weight is 426 g/mol. The van der Waals surface area contributed by atoms with E-state index in [1.165, 1.54) is 38.5 Å². The van der Waals surface area contributed by atoms with E-state index >= 15 is 0 Å². The number of rotatable bonds is 4. The molecule has 0 unspecified atom stereocenters. The van der Waals surface area contributed by atoms with Gasteiger partial charge in [-0.2, -0.15) is 0 Å². The van der Waals surface area contributed by atoms with Crippen molar-refractivity contribution in [2.45, 2.75) is 0 Å². The van der Waals surface area contributed by atoms with Crippen molar-refractivity contribution in [1.29, 1.82) is 0 Å². The summed E-state index contributed by atoms with van der Waals surface area (Å²) in [5, 5.41) is 3.68. The van der Waals surface area contributed by atoms with Crippen LogP contribution in [-0.4, -0.2) is 11.7 Å². The van der Waals surface area contributed by atoms with Crippen molar-refractivity contribution >= 4 is 21.7 Å². The van der Waals surface area contributed by atoms with Crippen molar-refractivity contribution in [3.8, 4) is 33.8 Å². The Bertz CT molecular complexity index is 1580. The minimum atomic E-state index is 0.859. The first-order valence-electron chi connectivity index (χ1n) is 11.2. The van der Waals surface area contributed by atoms with Crippen molar-refractivity contribution < 1.29 is 4.74 Å². The highest BCUT2D eigenvalue weighted by atomic mass is 16.5. The molecule has 0 spiro atoms. The van der Waals surface area contributed by atoms with Crippen LogP contribution in [0.3, 0.4) is 0 Å². The van der Waals surface area contributed by atoms with Crippen LogP contribution in [0.1, 0.15) is 0 Å². The summed E-state index contributed by atoms with van der Waals surface area (Å²) in [4.78, 5) is 0. The van der Waals surface area contributed by atoms with Gasteiger partial charge in [-0.3, -0.25) is 0 Å². The quantitative estimate of drug-likeness (QED) is 0.278. The minimum absolute atomic E-state index is 0.859. The summed E-state index contributed by atoms with van der Waals surface area (Å²) in [5.74, 6) is 0.859. The second-order valence-corrected chi connectivity index (χ2v) is 8.23. The molecule has 0 saturated carbocycles. The van der Waals surface area contributed by atoms with Gasteiger partial charge < -0.3 is 9.30 Å². The van der Waals surface area contributed by atoms with Gasteiger partial charge in [-0.25, -0.2) is 0 Å². The van der Waals surface area contributed by atoms with E-state index in [2.05, 4.69) is 114 Å². The van der Waals surface area contributed by atoms with E-state index in [9.17, 15) is 0 Å². The smallest absolute Gasteiger partial charge is 0.118 e. The molecule has 6 rings (SSSR count). The molecule has 2 heteroatoms. The maximum atomic E-state index is 5.39. The summed E-state index contributed by atoms with van der Waals surface area (Å²) in [5.41, 5.74) is 7.11. The molecule has 0 saturated heterocycles. The highest BCUT2D eigenvalue weighted by molar-refractivity contribution is 5.98. The second-order valence-electron chi connectivity index (χ2n) is 8.23. The molecule has 5 aromatic carbocycles. The van der Waals surface area contributed by atoms with Crippen LogP contribution < -0.4 is 4.74 Å². The maximum absolute atomic E-state index is 5.39. The lowest BCUT2D eigenvalue weighted by atomic mass is 9.99. The lowest BCUT2D eigenvalue weighted by Crippen LogP contribution is -1.99. The van der Waals surface area contributed by atoms with Gasteiger partial charge in [0.25, 0.3) is 0 Å². The number of nitrogens with zero attached hydrogens (tertiary/aromatic N) is 1. The minimum Gasteiger partial charge on any atom is -0.497 e. The zero-order valence-electron chi connectivity index (χ0n) is 18.4. The van der Waals surface area contributed by atoms with Crippen LogP contribution in [0.5, 0.6) is 5.75 Å². The lowest BCUT2D eigenvalue weighted by Gasteiger charge is -2.16. The van der Waals surface area contributed by atoms with E-state index in [1.54, 1.807) is 7.11 Å². The molecular formula is C31H23NO. The highest BCUT2D eigenvalue weighted by Gasteiger charge is 2.16. The first-order chi connectivity index (χ1) is 16.3. The van der Waals surface area contributed by atoms with Crippen LogP contribution in [-0.2, 0) is 0 Å². The fraction of sp³-hybridized carbons (Fsp3) is 0.0323. The van der Waals surface area contributed by atoms with Gasteiger partial charge in [0.1, 0.15) is 5.75 Å². The molecule has 6 aromatic rings. The first kappa shape index (κ1) is 19.4. The Morgan fingerprint density at radius 3 is 2.03 bits per heavy atom. The summed E-state index contributed by atoms with van der Waals surface area (Å²) in [6.45, 7) is 0. The summed E-state index contributed by atoms with van der Waals surface area (Å²) in [6, 6.07) is 43.0. The number of benzene rings is 5. The van der Waals surface area contributed by atoms with Crippen molar-refractivity contribution in [3.05, 3.63) is 121 Å². The predicted molar refractivity (Wildman–Crippen MR) is 138 cm³/mol. The first-order valence-corrected chi connectivity index (χ1v) is 11.2. The normalized spacial score (nSPS) is 11.2. The molecule has 0 amide bonds. The zero-order valence-corrected chi connectivity index (χ0v) is 18.4. The summed E-state index contributed by atoms with van der Waals surface area (Å²) < 4.78 is 7.79. The Morgan fingerprint density at radius 1 is 0.545 bits per heavy atom. The number of hydrogen-bond acceptors (Lipinski definition) is 1. The summed E-state index contributed by atoms with van der Waals surface area (Å²) in [6.07, 6.45) is 0. The molecule has 1 heterocycles. The van der Waals surface area contributed by atoms with E-state index in [-0.39, 0.29) is 0 Å². The molecule has 158 valence electrons. The standard InChI is InChI=1S/C31H23NO/c1-33-27-17-15-23(16-18-27)30-20-25-12-6-8-14-29(25)32(30)31-21-26(22-9-3-2-4-10-22)19-24-11-5-7-13-28(24)31/h2-21H,1H3. The Morgan fingerprint density at radius 2 is 1.24 bits per heavy atom. The van der Waals surface area contributed by atoms with Crippen LogP contribution in [0.4, 0.5) is 0 Å². The highest BCUT2D eigenvalue weighted by Crippen LogP contribution is 2.37. The molecule has 0 bridgehead atoms. The van der Waals surface area contributed by atoms with Crippen molar-refractivity contribution in [2.24, 2.45) is 0 Å². The lowest BCUT2D eigenvalue weighted by molar-refractivity contribution is 0.415. The van der Waals surface area contributed by atoms with Crippen molar-refractivity contribution in [2.75, 3.05) is 7.11 Å². The topological polar surface area (TPSA) is 14.2 Å². The van der Waals surface area contributed by atoms with E-state index in [0.717, 1.165) is 17.0 Å². The third-order valence-corrected chi connectivity index (χ3v) is 6.28. The number of methoxy groups -OCH3 is 1. The zero-order chi connectivity index (χ0) is 22.2. The molecule has 0 N–H and O–H groups in total. The average Bonchev–Trinajstić information content (AvgIpc) is 3.28. The fourth-order valence-electron chi connectivity index (χ4n) is 4.66. The number of hydrogen-bond donors (Lipinski definition) is 0. The fourth-order valence-corrected chi connectivity index (χ4v) is 4.66. The third-order valence-electron chi connectivity index (χ3n) is 6.28. The van der Waals surface area contributed by atoms with Crippen molar-refractivity contribution in [3.63, 3.8) is 0 Å². The second kappa shape index (κ2) is 7.99. The van der Waals surface area contributed by atoms with Gasteiger partial charge in [0.05, 0.1) is 24.0 Å². The molecular weight excluding hydrogens is 402 g/mol. The van der Waals surface area contributed by atoms with Crippen LogP contribution in [0.15, 0.2) is 121 Å². The molecule has 1 aromatic heterocycles. The van der Waals surface area contributed by atoms with Gasteiger partial charge in [-0.15, -0.1) is 0 Å². The third kappa shape index (κ3) is 3.37. The Balaban J connectivity index is 1.69. The van der Waals surface area contributed by atoms with E-state index in [4.69, 9.17) is 4.74 Å². The number of ether oxygens (including phenoxy) is 1. The van der Waals surface area contributed by atoms with E-state index in [0.29, 0.717) is 0 Å². The Kier molecular flexibility index (Phi) is 4.70. The molecule has 0 aliphatic carbocycles. The molecule has 0 aliphatic rings. The predicted octanol–water partition coefficient (Wildman–Crippen LogP) is 8.13. The molecule has 33 heavy (non-hydrogen) atoms. The van der Waals surface area contributed by atoms with Gasteiger partial charge in [-0.1, -0.05) is 72.8 Å². The summed E-state index contributed by atoms with van der Waals surface area (Å²) >= 11 is 0. The summed E-state index contributed by atoms with van der Waals surface area (Å²) in [7, 11) is 1.70. The molecule has 0 atom stereocenters. The van der Waals surface area contributed by atoms with E-state index in [1.807, 2.05) is 12.1 Å². The maximum Gasteiger partial charge on any atom is 0.118 e. The van der Waals surface area contributed by atoms with Crippen LogP contribution in [0.2, 0.25) is 0 Å². The van der Waals surface area contributed by atoms with Crippen LogP contribution in [0, 0.1) is 0 Å². The largest absolute Gasteiger partial charge is 0.497 e. The van der Waals surface area contributed by atoms with Crippen molar-refractivity contribution in [1.82, 2.24) is 4.57 Å². The van der Waals surface area contributed by atoms with Crippen LogP contribution >= 0.6 is 0 Å². The molecule has 0 aliphatic heterocycles. The molecule has 2 nitrogen and oxygen atoms in total. The van der Waals surface area contributed by atoms with E-state index < -0.39 is 0 Å². The Labute approximate surface area is 193 Å². The number of fused-ring (bicyclic) bond motifs is 2. The van der Waals surface area contributed by atoms with Gasteiger partial charge >= 0.3 is 0 Å². The van der Waals surface area contributed by atoms with Gasteiger partial charge in [0.2, 0.25) is 0 Å².